The maximum atomic E-state index is 12.0. The molecule has 0 fully saturated rings. The normalized spacial score (nSPS) is 10.3. The molecular weight excluding hydrogens is 270 g/mol. The average molecular weight is 285 g/mol. The monoisotopic (exact) mass is 285 g/mol. The molecule has 1 rings (SSSR count). The zero-order valence-electron chi connectivity index (χ0n) is 11.2. The minimum atomic E-state index is -1.11. The van der Waals surface area contributed by atoms with Gasteiger partial charge < -0.3 is 4.74 Å². The number of hydrogen-bond donors (Lipinski definition) is 0. The van der Waals surface area contributed by atoms with E-state index in [0.29, 0.717) is 11.0 Å². The molecule has 0 bridgehead atoms. The molecule has 0 aliphatic rings. The van der Waals surface area contributed by atoms with Crippen LogP contribution in [-0.2, 0) is 22.6 Å². The number of carbonyl (C=O) groups is 1. The van der Waals surface area contributed by atoms with Gasteiger partial charge in [0.1, 0.15) is 6.54 Å². The number of aromatic nitrogens is 2. The van der Waals surface area contributed by atoms with Crippen LogP contribution in [0.3, 0.4) is 0 Å². The van der Waals surface area contributed by atoms with Gasteiger partial charge in [0, 0.05) is 6.54 Å². The first-order chi connectivity index (χ1) is 9.42. The van der Waals surface area contributed by atoms with E-state index in [1.165, 1.54) is 0 Å². The van der Waals surface area contributed by atoms with E-state index in [1.807, 2.05) is 0 Å². The Morgan fingerprint density at radius 3 is 2.55 bits per heavy atom. The minimum absolute atomic E-state index is 0.0889. The Labute approximate surface area is 113 Å². The van der Waals surface area contributed by atoms with E-state index in [-0.39, 0.29) is 13.2 Å². The summed E-state index contributed by atoms with van der Waals surface area (Å²) >= 11 is 0. The molecular formula is C11H15N3O6. The molecule has 110 valence electrons. The third kappa shape index (κ3) is 3.31. The van der Waals surface area contributed by atoms with Crippen molar-refractivity contribution in [1.29, 1.82) is 0 Å². The number of nitrogens with zero attached hydrogens (tertiary/aromatic N) is 3. The summed E-state index contributed by atoms with van der Waals surface area (Å²) in [6.45, 7) is 3.01. The molecule has 0 N–H and O–H groups in total. The second kappa shape index (κ2) is 6.64. The van der Waals surface area contributed by atoms with Gasteiger partial charge in [-0.3, -0.25) is 24.3 Å². The van der Waals surface area contributed by atoms with Crippen LogP contribution in [0, 0.1) is 10.1 Å². The van der Waals surface area contributed by atoms with Gasteiger partial charge in [-0.05, 0) is 13.3 Å². The predicted octanol–water partition coefficient (Wildman–Crippen LogP) is -0.109. The van der Waals surface area contributed by atoms with E-state index in [4.69, 9.17) is 0 Å². The van der Waals surface area contributed by atoms with Gasteiger partial charge in [-0.15, -0.1) is 0 Å². The highest BCUT2D eigenvalue weighted by Gasteiger charge is 2.21. The highest BCUT2D eigenvalue weighted by Crippen LogP contribution is 2.01. The quantitative estimate of drug-likeness (QED) is 0.409. The smallest absolute Gasteiger partial charge is 0.350 e. The SMILES string of the molecule is CCCn1cc([N+](=O)[O-])c(=O)n(CC(=O)OCC)c1=O. The average Bonchev–Trinajstić information content (AvgIpc) is 2.38. The number of rotatable bonds is 6. The third-order valence-corrected chi connectivity index (χ3v) is 2.47. The molecule has 0 saturated carbocycles. The first-order valence-corrected chi connectivity index (χ1v) is 6.06. The lowest BCUT2D eigenvalue weighted by atomic mass is 10.4. The third-order valence-electron chi connectivity index (χ3n) is 2.47. The van der Waals surface area contributed by atoms with Crippen LogP contribution in [0.25, 0.3) is 0 Å². The van der Waals surface area contributed by atoms with E-state index < -0.39 is 34.4 Å². The van der Waals surface area contributed by atoms with Gasteiger partial charge in [0.2, 0.25) is 0 Å². The Kier molecular flexibility index (Phi) is 5.18. The van der Waals surface area contributed by atoms with Crippen molar-refractivity contribution in [2.24, 2.45) is 0 Å². The molecule has 0 amide bonds. The van der Waals surface area contributed by atoms with Crippen LogP contribution in [0.1, 0.15) is 20.3 Å². The Bertz CT molecular complexity index is 630. The standard InChI is InChI=1S/C11H15N3O6/c1-3-5-12-6-8(14(18)19)10(16)13(11(12)17)7-9(15)20-4-2/h6H,3-5,7H2,1-2H3. The second-order valence-corrected chi connectivity index (χ2v) is 3.94. The van der Waals surface area contributed by atoms with Crippen molar-refractivity contribution in [1.82, 2.24) is 9.13 Å². The second-order valence-electron chi connectivity index (χ2n) is 3.94. The van der Waals surface area contributed by atoms with Crippen LogP contribution < -0.4 is 11.2 Å². The van der Waals surface area contributed by atoms with Gasteiger partial charge >= 0.3 is 22.9 Å². The number of aryl methyl sites for hydroxylation is 1. The topological polar surface area (TPSA) is 113 Å². The number of ether oxygens (including phenoxy) is 1. The van der Waals surface area contributed by atoms with E-state index in [1.54, 1.807) is 13.8 Å². The molecule has 0 unspecified atom stereocenters. The van der Waals surface area contributed by atoms with E-state index in [2.05, 4.69) is 4.74 Å². The van der Waals surface area contributed by atoms with Crippen molar-refractivity contribution in [2.75, 3.05) is 6.61 Å². The van der Waals surface area contributed by atoms with Gasteiger partial charge in [-0.25, -0.2) is 9.36 Å². The summed E-state index contributed by atoms with van der Waals surface area (Å²) in [5, 5.41) is 10.8. The molecule has 0 aromatic carbocycles. The number of hydrogen-bond acceptors (Lipinski definition) is 6. The summed E-state index contributed by atoms with van der Waals surface area (Å²) in [5.41, 5.74) is -2.63. The molecule has 0 spiro atoms. The van der Waals surface area contributed by atoms with Gasteiger partial charge in [0.05, 0.1) is 17.7 Å². The van der Waals surface area contributed by atoms with Gasteiger partial charge in [-0.2, -0.15) is 0 Å². The number of esters is 1. The maximum absolute atomic E-state index is 12.0. The zero-order chi connectivity index (χ0) is 15.3. The van der Waals surface area contributed by atoms with Crippen molar-refractivity contribution in [2.45, 2.75) is 33.4 Å². The molecule has 1 aromatic heterocycles. The summed E-state index contributed by atoms with van der Waals surface area (Å²) < 4.78 is 6.20. The minimum Gasteiger partial charge on any atom is -0.465 e. The molecule has 0 saturated heterocycles. The molecule has 0 aliphatic carbocycles. The first kappa shape index (κ1) is 15.6. The summed E-state index contributed by atoms with van der Waals surface area (Å²) in [7, 11) is 0. The zero-order valence-corrected chi connectivity index (χ0v) is 11.2. The predicted molar refractivity (Wildman–Crippen MR) is 68.5 cm³/mol. The van der Waals surface area contributed by atoms with Crippen molar-refractivity contribution >= 4 is 11.7 Å². The van der Waals surface area contributed by atoms with Crippen LogP contribution in [0.2, 0.25) is 0 Å². The van der Waals surface area contributed by atoms with Gasteiger partial charge in [0.25, 0.3) is 0 Å². The van der Waals surface area contributed by atoms with Crippen LogP contribution in [0.15, 0.2) is 15.8 Å². The number of carbonyl (C=O) groups excluding carboxylic acids is 1. The first-order valence-electron chi connectivity index (χ1n) is 6.06. The van der Waals surface area contributed by atoms with Gasteiger partial charge in [0.15, 0.2) is 0 Å². The van der Waals surface area contributed by atoms with E-state index in [9.17, 15) is 24.5 Å². The van der Waals surface area contributed by atoms with Crippen LogP contribution in [-0.4, -0.2) is 26.6 Å². The Hall–Kier alpha value is -2.45. The Balaban J connectivity index is 3.40. The summed E-state index contributed by atoms with van der Waals surface area (Å²) in [6, 6.07) is 0. The molecule has 0 atom stereocenters. The largest absolute Gasteiger partial charge is 0.465 e. The lowest BCUT2D eigenvalue weighted by Gasteiger charge is -2.08. The molecule has 9 nitrogen and oxygen atoms in total. The summed E-state index contributed by atoms with van der Waals surface area (Å²) in [6.07, 6.45) is 1.45. The van der Waals surface area contributed by atoms with Crippen molar-refractivity contribution in [3.8, 4) is 0 Å². The maximum Gasteiger partial charge on any atom is 0.350 e. The molecule has 1 aromatic rings. The molecule has 1 heterocycles. The fourth-order valence-corrected chi connectivity index (χ4v) is 1.64. The lowest BCUT2D eigenvalue weighted by molar-refractivity contribution is -0.387. The van der Waals surface area contributed by atoms with Crippen molar-refractivity contribution < 1.29 is 14.5 Å². The van der Waals surface area contributed by atoms with Gasteiger partial charge in [-0.1, -0.05) is 6.92 Å². The van der Waals surface area contributed by atoms with E-state index in [0.717, 1.165) is 10.8 Å². The number of nitro groups is 1. The van der Waals surface area contributed by atoms with Crippen LogP contribution in [0.4, 0.5) is 5.69 Å². The van der Waals surface area contributed by atoms with Crippen molar-refractivity contribution in [3.63, 3.8) is 0 Å². The molecule has 20 heavy (non-hydrogen) atoms. The lowest BCUT2D eigenvalue weighted by Crippen LogP contribution is -2.42. The Morgan fingerprint density at radius 2 is 2.05 bits per heavy atom. The summed E-state index contributed by atoms with van der Waals surface area (Å²) in [5.74, 6) is -0.796. The fourth-order valence-electron chi connectivity index (χ4n) is 1.64. The molecule has 0 aliphatic heterocycles. The fraction of sp³-hybridized carbons (Fsp3) is 0.545. The molecule has 9 heteroatoms. The molecule has 0 radical (unpaired) electrons. The Morgan fingerprint density at radius 1 is 1.40 bits per heavy atom. The van der Waals surface area contributed by atoms with Crippen molar-refractivity contribution in [3.05, 3.63) is 37.1 Å². The van der Waals surface area contributed by atoms with Crippen LogP contribution >= 0.6 is 0 Å². The van der Waals surface area contributed by atoms with Crippen LogP contribution in [0.5, 0.6) is 0 Å². The highest BCUT2D eigenvalue weighted by molar-refractivity contribution is 5.69. The highest BCUT2D eigenvalue weighted by atomic mass is 16.6. The summed E-state index contributed by atoms with van der Waals surface area (Å²) in [4.78, 5) is 45.1. The van der Waals surface area contributed by atoms with E-state index >= 15 is 0 Å².